The summed E-state index contributed by atoms with van der Waals surface area (Å²) in [5.74, 6) is -0.0408. The lowest BCUT2D eigenvalue weighted by Crippen LogP contribution is -1.87. The zero-order valence-electron chi connectivity index (χ0n) is 7.50. The first-order valence-corrected chi connectivity index (χ1v) is 4.95. The molecule has 3 nitrogen and oxygen atoms in total. The molecule has 2 rings (SSSR count). The van der Waals surface area contributed by atoms with Crippen LogP contribution in [0.4, 0.5) is 4.39 Å². The van der Waals surface area contributed by atoms with E-state index in [2.05, 4.69) is 25.9 Å². The molecule has 2 aromatic rings. The molecule has 1 aromatic heterocycles. The zero-order chi connectivity index (χ0) is 10.8. The quantitative estimate of drug-likeness (QED) is 0.852. The normalized spacial score (nSPS) is 10.3. The Morgan fingerprint density at radius 1 is 1.47 bits per heavy atom. The molecule has 0 amide bonds. The number of hydrogen-bond donors (Lipinski definition) is 1. The molecule has 0 spiro atoms. The molecule has 76 valence electrons. The largest absolute Gasteiger partial charge is 0.336 e. The summed E-state index contributed by atoms with van der Waals surface area (Å²) >= 11 is 3.24. The summed E-state index contributed by atoms with van der Waals surface area (Å²) in [6, 6.07) is 4.54. The van der Waals surface area contributed by atoms with Crippen LogP contribution in [0.3, 0.4) is 0 Å². The van der Waals surface area contributed by atoms with Gasteiger partial charge in [0.25, 0.3) is 0 Å². The van der Waals surface area contributed by atoms with E-state index in [1.807, 2.05) is 0 Å². The number of aldehydes is 1. The van der Waals surface area contributed by atoms with Gasteiger partial charge in [0.05, 0.1) is 17.5 Å². The topological polar surface area (TPSA) is 45.8 Å². The molecule has 0 aliphatic rings. The standard InChI is InChI=1S/C10H6BrFN2O/c11-6-1-2-9(12)8(3-6)10-13-4-7(5-15)14-10/h1-5H,(H,13,14). The van der Waals surface area contributed by atoms with E-state index in [4.69, 9.17) is 0 Å². The molecular formula is C10H6BrFN2O. The number of aromatic nitrogens is 2. The lowest BCUT2D eigenvalue weighted by molar-refractivity contribution is 0.111. The fourth-order valence-corrected chi connectivity index (χ4v) is 1.57. The van der Waals surface area contributed by atoms with Gasteiger partial charge in [0.1, 0.15) is 11.6 Å². The van der Waals surface area contributed by atoms with Crippen LogP contribution in [-0.4, -0.2) is 16.3 Å². The smallest absolute Gasteiger partial charge is 0.167 e. The number of nitrogens with zero attached hydrogens (tertiary/aromatic N) is 1. The van der Waals surface area contributed by atoms with Gasteiger partial charge >= 0.3 is 0 Å². The molecule has 5 heteroatoms. The number of rotatable bonds is 2. The van der Waals surface area contributed by atoms with Crippen molar-refractivity contribution in [2.75, 3.05) is 0 Å². The van der Waals surface area contributed by atoms with Crippen LogP contribution in [0.25, 0.3) is 11.4 Å². The third-order valence-electron chi connectivity index (χ3n) is 1.91. The number of carbonyl (C=O) groups is 1. The van der Waals surface area contributed by atoms with E-state index in [9.17, 15) is 9.18 Å². The Bertz CT molecular complexity index is 510. The third kappa shape index (κ3) is 1.97. The Morgan fingerprint density at radius 3 is 2.93 bits per heavy atom. The number of hydrogen-bond acceptors (Lipinski definition) is 2. The van der Waals surface area contributed by atoms with Crippen molar-refractivity contribution in [1.82, 2.24) is 9.97 Å². The van der Waals surface area contributed by atoms with Crippen LogP contribution in [0.1, 0.15) is 10.5 Å². The number of aromatic amines is 1. The molecule has 1 N–H and O–H groups in total. The van der Waals surface area contributed by atoms with Crippen molar-refractivity contribution in [2.24, 2.45) is 0 Å². The number of carbonyl (C=O) groups excluding carboxylic acids is 1. The number of benzene rings is 1. The zero-order valence-corrected chi connectivity index (χ0v) is 9.08. The van der Waals surface area contributed by atoms with Crippen molar-refractivity contribution in [3.63, 3.8) is 0 Å². The Balaban J connectivity index is 2.52. The van der Waals surface area contributed by atoms with Crippen LogP contribution in [0, 0.1) is 5.82 Å². The van der Waals surface area contributed by atoms with Crippen molar-refractivity contribution < 1.29 is 9.18 Å². The Hall–Kier alpha value is -1.49. The maximum absolute atomic E-state index is 13.4. The summed E-state index contributed by atoms with van der Waals surface area (Å²) in [7, 11) is 0. The molecule has 0 fully saturated rings. The highest BCUT2D eigenvalue weighted by molar-refractivity contribution is 9.10. The van der Waals surface area contributed by atoms with Crippen LogP contribution in [0.5, 0.6) is 0 Å². The summed E-state index contributed by atoms with van der Waals surface area (Å²) in [6.07, 6.45) is 2.00. The van der Waals surface area contributed by atoms with Crippen LogP contribution in [0.2, 0.25) is 0 Å². The van der Waals surface area contributed by atoms with Crippen molar-refractivity contribution >= 4 is 22.2 Å². The minimum Gasteiger partial charge on any atom is -0.336 e. The molecule has 0 atom stereocenters. The maximum atomic E-state index is 13.4. The van der Waals surface area contributed by atoms with Gasteiger partial charge in [0, 0.05) is 4.47 Å². The summed E-state index contributed by atoms with van der Waals surface area (Å²) in [4.78, 5) is 17.0. The Labute approximate surface area is 93.5 Å². The Kier molecular flexibility index (Phi) is 2.64. The molecule has 0 aliphatic carbocycles. The lowest BCUT2D eigenvalue weighted by atomic mass is 10.2. The maximum Gasteiger partial charge on any atom is 0.167 e. The van der Waals surface area contributed by atoms with Crippen molar-refractivity contribution in [2.45, 2.75) is 0 Å². The summed E-state index contributed by atoms with van der Waals surface area (Å²) in [6.45, 7) is 0. The van der Waals surface area contributed by atoms with Gasteiger partial charge in [-0.05, 0) is 18.2 Å². The van der Waals surface area contributed by atoms with Gasteiger partial charge < -0.3 is 4.98 Å². The van der Waals surface area contributed by atoms with Gasteiger partial charge in [0.2, 0.25) is 0 Å². The minimum atomic E-state index is -0.384. The first kappa shape index (κ1) is 10.0. The van der Waals surface area contributed by atoms with Gasteiger partial charge in [-0.2, -0.15) is 0 Å². The molecule has 0 saturated carbocycles. The molecule has 0 aliphatic heterocycles. The number of H-pyrrole nitrogens is 1. The highest BCUT2D eigenvalue weighted by Crippen LogP contribution is 2.23. The van der Waals surface area contributed by atoms with Gasteiger partial charge in [-0.3, -0.25) is 4.79 Å². The number of imidazole rings is 1. The highest BCUT2D eigenvalue weighted by Gasteiger charge is 2.09. The van der Waals surface area contributed by atoms with E-state index < -0.39 is 0 Å². The van der Waals surface area contributed by atoms with E-state index in [1.165, 1.54) is 12.3 Å². The average Bonchev–Trinajstić information content (AvgIpc) is 2.70. The van der Waals surface area contributed by atoms with Crippen molar-refractivity contribution in [3.8, 4) is 11.4 Å². The molecule has 1 heterocycles. The third-order valence-corrected chi connectivity index (χ3v) is 2.40. The monoisotopic (exact) mass is 268 g/mol. The van der Waals surface area contributed by atoms with Gasteiger partial charge in [-0.15, -0.1) is 0 Å². The van der Waals surface area contributed by atoms with E-state index >= 15 is 0 Å². The summed E-state index contributed by atoms with van der Waals surface area (Å²) in [5.41, 5.74) is 0.654. The second kappa shape index (κ2) is 3.94. The molecule has 0 saturated heterocycles. The van der Waals surface area contributed by atoms with Crippen molar-refractivity contribution in [1.29, 1.82) is 0 Å². The SMILES string of the molecule is O=Cc1cnc(-c2cc(Br)ccc2F)[nH]1. The van der Waals surface area contributed by atoms with Gasteiger partial charge in [0.15, 0.2) is 6.29 Å². The molecule has 1 aromatic carbocycles. The highest BCUT2D eigenvalue weighted by atomic mass is 79.9. The molecule has 0 bridgehead atoms. The van der Waals surface area contributed by atoms with Crippen LogP contribution >= 0.6 is 15.9 Å². The first-order valence-electron chi connectivity index (χ1n) is 4.16. The second-order valence-corrected chi connectivity index (χ2v) is 3.84. The van der Waals surface area contributed by atoms with E-state index in [1.54, 1.807) is 12.1 Å². The van der Waals surface area contributed by atoms with Crippen LogP contribution in [0.15, 0.2) is 28.9 Å². The fraction of sp³-hybridized carbons (Fsp3) is 0. The molecule has 15 heavy (non-hydrogen) atoms. The van der Waals surface area contributed by atoms with Crippen molar-refractivity contribution in [3.05, 3.63) is 40.4 Å². The fourth-order valence-electron chi connectivity index (χ4n) is 1.21. The first-order chi connectivity index (χ1) is 7.20. The van der Waals surface area contributed by atoms with E-state index in [0.717, 1.165) is 4.47 Å². The molecule has 0 radical (unpaired) electrons. The number of halogens is 2. The predicted molar refractivity (Wildman–Crippen MR) is 57.1 cm³/mol. The minimum absolute atomic E-state index is 0.323. The second-order valence-electron chi connectivity index (χ2n) is 2.93. The molecule has 0 unspecified atom stereocenters. The summed E-state index contributed by atoms with van der Waals surface area (Å²) < 4.78 is 14.2. The van der Waals surface area contributed by atoms with Crippen LogP contribution in [-0.2, 0) is 0 Å². The average molecular weight is 269 g/mol. The van der Waals surface area contributed by atoms with E-state index in [-0.39, 0.29) is 5.82 Å². The van der Waals surface area contributed by atoms with Gasteiger partial charge in [-0.25, -0.2) is 9.37 Å². The number of nitrogens with one attached hydrogen (secondary N) is 1. The summed E-state index contributed by atoms with van der Waals surface area (Å²) in [5, 5.41) is 0. The Morgan fingerprint density at radius 2 is 2.27 bits per heavy atom. The van der Waals surface area contributed by atoms with Gasteiger partial charge in [-0.1, -0.05) is 15.9 Å². The lowest BCUT2D eigenvalue weighted by Gasteiger charge is -1.99. The predicted octanol–water partition coefficient (Wildman–Crippen LogP) is 2.79. The van der Waals surface area contributed by atoms with E-state index in [0.29, 0.717) is 23.4 Å². The van der Waals surface area contributed by atoms with Crippen LogP contribution < -0.4 is 0 Å². The molecular weight excluding hydrogens is 263 g/mol.